The molecule has 38 heavy (non-hydrogen) atoms. The Balaban J connectivity index is 2.24. The predicted octanol–water partition coefficient (Wildman–Crippen LogP) is 11.4. The summed E-state index contributed by atoms with van der Waals surface area (Å²) in [4.78, 5) is 0. The molecule has 1 aromatic heterocycles. The van der Waals surface area contributed by atoms with Crippen molar-refractivity contribution in [2.75, 3.05) is 5.09 Å². The van der Waals surface area contributed by atoms with Gasteiger partial charge in [0.2, 0.25) is 0 Å². The highest BCUT2D eigenvalue weighted by Crippen LogP contribution is 2.45. The minimum Gasteiger partial charge on any atom is -0.408 e. The molecule has 4 rings (SSSR count). The van der Waals surface area contributed by atoms with E-state index in [1.54, 1.807) is 0 Å². The lowest BCUT2D eigenvalue weighted by atomic mass is 9.77. The maximum Gasteiger partial charge on any atom is 0.307 e. The Labute approximate surface area is 232 Å². The van der Waals surface area contributed by atoms with E-state index in [1.165, 1.54) is 65.1 Å². The fraction of sp³-hybridized carbons (Fsp3) is 0.647. The van der Waals surface area contributed by atoms with Crippen LogP contribution < -0.4 is 5.09 Å². The van der Waals surface area contributed by atoms with Gasteiger partial charge in [-0.2, -0.15) is 0 Å². The summed E-state index contributed by atoms with van der Waals surface area (Å²) in [6, 6.07) is 9.97. The lowest BCUT2D eigenvalue weighted by Crippen LogP contribution is -2.20. The molecule has 3 aromatic rings. The van der Waals surface area contributed by atoms with Crippen LogP contribution in [0.1, 0.15) is 137 Å². The van der Waals surface area contributed by atoms with Gasteiger partial charge in [0.1, 0.15) is 11.2 Å². The van der Waals surface area contributed by atoms with Crippen LogP contribution in [-0.2, 0) is 21.7 Å². The van der Waals surface area contributed by atoms with E-state index in [4.69, 9.17) is 8.39 Å². The molecule has 1 saturated carbocycles. The van der Waals surface area contributed by atoms with Crippen LogP contribution in [0.25, 0.3) is 21.9 Å². The van der Waals surface area contributed by atoms with E-state index in [9.17, 15) is 0 Å². The zero-order valence-corrected chi connectivity index (χ0v) is 27.1. The molecule has 0 aliphatic heterocycles. The third-order valence-corrected chi connectivity index (χ3v) is 9.33. The Morgan fingerprint density at radius 2 is 0.974 bits per heavy atom. The molecule has 0 amide bonds. The molecule has 1 heterocycles. The average Bonchev–Trinajstić information content (AvgIpc) is 2.92. The van der Waals surface area contributed by atoms with E-state index < -0.39 is 8.16 Å². The van der Waals surface area contributed by atoms with Crippen molar-refractivity contribution in [2.45, 2.75) is 143 Å². The number of nitrogens with one attached hydrogen (secondary N) is 1. The van der Waals surface area contributed by atoms with Crippen molar-refractivity contribution < 1.29 is 8.39 Å². The smallest absolute Gasteiger partial charge is 0.307 e. The van der Waals surface area contributed by atoms with Crippen LogP contribution in [-0.4, -0.2) is 6.04 Å². The van der Waals surface area contributed by atoms with Crippen molar-refractivity contribution in [3.05, 3.63) is 46.5 Å². The van der Waals surface area contributed by atoms with E-state index in [0.717, 1.165) is 11.2 Å². The summed E-state index contributed by atoms with van der Waals surface area (Å²) in [5.41, 5.74) is 7.05. The maximum atomic E-state index is 6.99. The summed E-state index contributed by atoms with van der Waals surface area (Å²) >= 11 is 0. The summed E-state index contributed by atoms with van der Waals surface area (Å²) in [5.74, 6) is 0. The Hall–Kier alpha value is -1.70. The van der Waals surface area contributed by atoms with Crippen LogP contribution in [0.3, 0.4) is 0 Å². The van der Waals surface area contributed by atoms with Crippen LogP contribution in [0, 0.1) is 0 Å². The van der Waals surface area contributed by atoms with Gasteiger partial charge in [-0.15, -0.1) is 0 Å². The largest absolute Gasteiger partial charge is 0.408 e. The Bertz CT molecular complexity index is 1250. The van der Waals surface area contributed by atoms with Crippen LogP contribution in [0.5, 0.6) is 0 Å². The van der Waals surface area contributed by atoms with Crippen LogP contribution in [0.4, 0.5) is 0 Å². The van der Waals surface area contributed by atoms with Crippen molar-refractivity contribution in [2.24, 2.45) is 0 Å². The summed E-state index contributed by atoms with van der Waals surface area (Å²) in [5, 5.41) is 6.19. The Kier molecular flexibility index (Phi) is 7.74. The average molecular weight is 538 g/mol. The molecular formula is C34H52NO2P. The van der Waals surface area contributed by atoms with Crippen LogP contribution in [0.2, 0.25) is 0 Å². The lowest BCUT2D eigenvalue weighted by molar-refractivity contribution is 0.463. The van der Waals surface area contributed by atoms with Gasteiger partial charge in [-0.3, -0.25) is 0 Å². The van der Waals surface area contributed by atoms with Crippen molar-refractivity contribution in [3.63, 3.8) is 0 Å². The monoisotopic (exact) mass is 537 g/mol. The molecule has 1 fully saturated rings. The van der Waals surface area contributed by atoms with Gasteiger partial charge in [-0.25, -0.2) is 5.09 Å². The molecule has 0 bridgehead atoms. The molecule has 0 radical (unpaired) electrons. The predicted molar refractivity (Wildman–Crippen MR) is 167 cm³/mol. The minimum atomic E-state index is -1.35. The Morgan fingerprint density at radius 1 is 0.579 bits per heavy atom. The quantitative estimate of drug-likeness (QED) is 0.353. The van der Waals surface area contributed by atoms with Gasteiger partial charge < -0.3 is 8.39 Å². The van der Waals surface area contributed by atoms with Gasteiger partial charge in [0.25, 0.3) is 0 Å². The van der Waals surface area contributed by atoms with Gasteiger partial charge in [0, 0.05) is 27.9 Å². The second-order valence-corrected chi connectivity index (χ2v) is 16.8. The standard InChI is InChI=1S/C34H52NO2P/c1-31(2,3)22-18-25-26-19-23(32(4,5)6)21-28(34(10,11)12)30(26)37-38(35-24-16-14-13-15-17-24)36-29(25)27(20-22)33(7,8)9/h18-21,24,35H,13-17H2,1-12H3. The molecule has 3 nitrogen and oxygen atoms in total. The highest BCUT2D eigenvalue weighted by atomic mass is 31.1. The SMILES string of the molecule is CC(C)(C)c1cc(C(C)(C)C)c2op(NC3CCCCC3)oc3c(C(C)(C)C)cc(C(C)(C)C)cc3c2c1. The van der Waals surface area contributed by atoms with Crippen molar-refractivity contribution in [3.8, 4) is 0 Å². The second-order valence-electron chi connectivity index (χ2n) is 15.7. The molecule has 2 aromatic carbocycles. The van der Waals surface area contributed by atoms with Crippen molar-refractivity contribution in [1.29, 1.82) is 0 Å². The number of hydrogen-bond acceptors (Lipinski definition) is 3. The van der Waals surface area contributed by atoms with Gasteiger partial charge in [0.05, 0.1) is 0 Å². The van der Waals surface area contributed by atoms with Crippen molar-refractivity contribution in [1.82, 2.24) is 0 Å². The van der Waals surface area contributed by atoms with E-state index in [0.29, 0.717) is 6.04 Å². The molecule has 210 valence electrons. The zero-order valence-electron chi connectivity index (χ0n) is 26.2. The second kappa shape index (κ2) is 10.0. The van der Waals surface area contributed by atoms with E-state index >= 15 is 0 Å². The van der Waals surface area contributed by atoms with Gasteiger partial charge in [0.15, 0.2) is 0 Å². The van der Waals surface area contributed by atoms with Gasteiger partial charge in [-0.05, 0) is 57.8 Å². The molecule has 1 aliphatic carbocycles. The zero-order chi connectivity index (χ0) is 28.3. The highest BCUT2D eigenvalue weighted by molar-refractivity contribution is 7.38. The van der Waals surface area contributed by atoms with Gasteiger partial charge in [-0.1, -0.05) is 114 Å². The molecule has 0 atom stereocenters. The molecule has 0 unspecified atom stereocenters. The normalized spacial score (nSPS) is 16.4. The summed E-state index contributed by atoms with van der Waals surface area (Å²) in [6.07, 6.45) is 6.26. The van der Waals surface area contributed by atoms with E-state index in [1.807, 2.05) is 0 Å². The first-order valence-electron chi connectivity index (χ1n) is 14.7. The number of fused-ring (bicyclic) bond motifs is 3. The molecule has 0 spiro atoms. The first-order chi connectivity index (χ1) is 17.4. The van der Waals surface area contributed by atoms with Gasteiger partial charge >= 0.3 is 8.16 Å². The first-order valence-corrected chi connectivity index (χ1v) is 15.8. The molecule has 1 N–H and O–H groups in total. The first kappa shape index (κ1) is 29.3. The Morgan fingerprint density at radius 3 is 1.32 bits per heavy atom. The highest BCUT2D eigenvalue weighted by Gasteiger charge is 2.29. The topological polar surface area (TPSA) is 38.3 Å². The third-order valence-electron chi connectivity index (χ3n) is 8.06. The number of rotatable bonds is 2. The fourth-order valence-corrected chi connectivity index (χ4v) is 6.88. The molecule has 4 heteroatoms. The summed E-state index contributed by atoms with van der Waals surface area (Å²) in [6.45, 7) is 27.6. The molecular weight excluding hydrogens is 485 g/mol. The third kappa shape index (κ3) is 6.20. The van der Waals surface area contributed by atoms with E-state index in [-0.39, 0.29) is 21.7 Å². The number of benzene rings is 2. The van der Waals surface area contributed by atoms with Crippen LogP contribution >= 0.6 is 8.16 Å². The number of hydrogen-bond donors (Lipinski definition) is 1. The lowest BCUT2D eigenvalue weighted by Gasteiger charge is -2.27. The van der Waals surface area contributed by atoms with E-state index in [2.05, 4.69) is 112 Å². The maximum absolute atomic E-state index is 6.99. The summed E-state index contributed by atoms with van der Waals surface area (Å²) < 4.78 is 14.0. The van der Waals surface area contributed by atoms with Crippen molar-refractivity contribution >= 4 is 30.1 Å². The van der Waals surface area contributed by atoms with Crippen LogP contribution in [0.15, 0.2) is 32.7 Å². The molecule has 1 aliphatic rings. The molecule has 0 saturated heterocycles. The minimum absolute atomic E-state index is 0.0158. The summed E-state index contributed by atoms with van der Waals surface area (Å²) in [7, 11) is -1.35. The fourth-order valence-electron chi connectivity index (χ4n) is 5.45.